The Bertz CT molecular complexity index is 1610. The van der Waals surface area contributed by atoms with Gasteiger partial charge in [0.15, 0.2) is 0 Å². The van der Waals surface area contributed by atoms with Crippen LogP contribution in [0.1, 0.15) is 11.1 Å². The number of rotatable bonds is 7. The van der Waals surface area contributed by atoms with Crippen molar-refractivity contribution in [1.82, 2.24) is 4.83 Å². The van der Waals surface area contributed by atoms with Crippen molar-refractivity contribution >= 4 is 37.8 Å². The van der Waals surface area contributed by atoms with Crippen LogP contribution in [0.15, 0.2) is 119 Å². The second kappa shape index (κ2) is 9.37. The Morgan fingerprint density at radius 3 is 2.35 bits per heavy atom. The van der Waals surface area contributed by atoms with E-state index in [0.717, 1.165) is 27.3 Å². The van der Waals surface area contributed by atoms with Crippen LogP contribution in [0.2, 0.25) is 0 Å². The van der Waals surface area contributed by atoms with Crippen molar-refractivity contribution < 1.29 is 13.2 Å². The van der Waals surface area contributed by atoms with E-state index in [-0.39, 0.29) is 4.90 Å². The topological polar surface area (TPSA) is 67.8 Å². The van der Waals surface area contributed by atoms with Gasteiger partial charge in [-0.1, -0.05) is 84.9 Å². The summed E-state index contributed by atoms with van der Waals surface area (Å²) in [6, 6.07) is 34.3. The number of sulfonamides is 1. The Balaban J connectivity index is 1.27. The van der Waals surface area contributed by atoms with Crippen LogP contribution >= 0.6 is 0 Å². The molecular formula is C28H22N2O3S. The van der Waals surface area contributed by atoms with Gasteiger partial charge in [0, 0.05) is 0 Å². The third-order valence-electron chi connectivity index (χ3n) is 5.55. The maximum atomic E-state index is 12.6. The molecule has 168 valence electrons. The van der Waals surface area contributed by atoms with Gasteiger partial charge < -0.3 is 4.74 Å². The van der Waals surface area contributed by atoms with Crippen molar-refractivity contribution in [1.29, 1.82) is 0 Å². The average molecular weight is 467 g/mol. The summed E-state index contributed by atoms with van der Waals surface area (Å²) in [5.41, 5.74) is 1.82. The first-order valence-electron chi connectivity index (χ1n) is 10.8. The lowest BCUT2D eigenvalue weighted by Gasteiger charge is -2.09. The molecule has 0 aliphatic carbocycles. The van der Waals surface area contributed by atoms with E-state index in [1.807, 2.05) is 66.7 Å². The fourth-order valence-corrected chi connectivity index (χ4v) is 4.65. The van der Waals surface area contributed by atoms with E-state index in [2.05, 4.69) is 34.2 Å². The lowest BCUT2D eigenvalue weighted by molar-refractivity contribution is 0.307. The Kier molecular flexibility index (Phi) is 5.97. The predicted octanol–water partition coefficient (Wildman–Crippen LogP) is 5.88. The molecule has 0 saturated heterocycles. The van der Waals surface area contributed by atoms with Gasteiger partial charge in [-0.2, -0.15) is 13.5 Å². The summed E-state index contributed by atoms with van der Waals surface area (Å²) in [6.45, 7) is 0.427. The zero-order valence-electron chi connectivity index (χ0n) is 18.3. The van der Waals surface area contributed by atoms with Crippen LogP contribution in [-0.4, -0.2) is 14.6 Å². The van der Waals surface area contributed by atoms with Gasteiger partial charge in [-0.3, -0.25) is 0 Å². The predicted molar refractivity (Wildman–Crippen MR) is 137 cm³/mol. The maximum absolute atomic E-state index is 12.6. The molecule has 0 unspecified atom stereocenters. The Hall–Kier alpha value is -4.16. The number of hydrogen-bond donors (Lipinski definition) is 1. The fourth-order valence-electron chi connectivity index (χ4n) is 3.82. The molecule has 0 heterocycles. The lowest BCUT2D eigenvalue weighted by atomic mass is 10.1. The Morgan fingerprint density at radius 2 is 1.47 bits per heavy atom. The molecule has 0 atom stereocenters. The number of nitrogens with zero attached hydrogens (tertiary/aromatic N) is 1. The largest absolute Gasteiger partial charge is 0.489 e. The molecule has 0 spiro atoms. The molecular weight excluding hydrogens is 444 g/mol. The van der Waals surface area contributed by atoms with E-state index in [1.54, 1.807) is 18.2 Å². The van der Waals surface area contributed by atoms with Crippen molar-refractivity contribution in [2.45, 2.75) is 11.5 Å². The summed E-state index contributed by atoms with van der Waals surface area (Å²) in [6.07, 6.45) is 1.46. The standard InChI is InChI=1S/C28H22N2O3S/c31-34(32,27-16-15-22-8-1-2-10-24(22)18-27)30-29-19-21-7-5-13-26(17-21)33-20-25-12-6-11-23-9-3-4-14-28(23)25/h1-19,30H,20H2/b29-19+. The highest BCUT2D eigenvalue weighted by molar-refractivity contribution is 7.89. The smallest absolute Gasteiger partial charge is 0.276 e. The molecule has 0 aromatic heterocycles. The number of hydrogen-bond acceptors (Lipinski definition) is 4. The molecule has 1 N–H and O–H groups in total. The minimum Gasteiger partial charge on any atom is -0.489 e. The highest BCUT2D eigenvalue weighted by atomic mass is 32.2. The third kappa shape index (κ3) is 4.77. The van der Waals surface area contributed by atoms with Crippen LogP contribution in [0.25, 0.3) is 21.5 Å². The first-order valence-corrected chi connectivity index (χ1v) is 12.3. The average Bonchev–Trinajstić information content (AvgIpc) is 2.87. The summed E-state index contributed by atoms with van der Waals surface area (Å²) < 4.78 is 31.3. The SMILES string of the molecule is O=S(=O)(N/N=C/c1cccc(OCc2cccc3ccccc23)c1)c1ccc2ccccc2c1. The van der Waals surface area contributed by atoms with Gasteiger partial charge in [0.25, 0.3) is 10.0 Å². The van der Waals surface area contributed by atoms with Crippen LogP contribution in [0, 0.1) is 0 Å². The monoisotopic (exact) mass is 466 g/mol. The molecule has 0 bridgehead atoms. The number of nitrogens with one attached hydrogen (secondary N) is 1. The Morgan fingerprint density at radius 1 is 0.735 bits per heavy atom. The Labute approximate surface area is 198 Å². The van der Waals surface area contributed by atoms with Gasteiger partial charge >= 0.3 is 0 Å². The highest BCUT2D eigenvalue weighted by Gasteiger charge is 2.13. The van der Waals surface area contributed by atoms with E-state index < -0.39 is 10.0 Å². The van der Waals surface area contributed by atoms with E-state index in [4.69, 9.17) is 4.74 Å². The quantitative estimate of drug-likeness (QED) is 0.240. The molecule has 5 rings (SSSR count). The van der Waals surface area contributed by atoms with E-state index >= 15 is 0 Å². The van der Waals surface area contributed by atoms with Gasteiger partial charge in [-0.25, -0.2) is 4.83 Å². The minimum atomic E-state index is -3.78. The fraction of sp³-hybridized carbons (Fsp3) is 0.0357. The molecule has 5 nitrogen and oxygen atoms in total. The van der Waals surface area contributed by atoms with Gasteiger partial charge in [0.2, 0.25) is 0 Å². The minimum absolute atomic E-state index is 0.163. The van der Waals surface area contributed by atoms with Gasteiger partial charge in [-0.05, 0) is 56.9 Å². The molecule has 0 aliphatic heterocycles. The highest BCUT2D eigenvalue weighted by Crippen LogP contribution is 2.21. The van der Waals surface area contributed by atoms with Crippen LogP contribution in [-0.2, 0) is 16.6 Å². The van der Waals surface area contributed by atoms with Crippen LogP contribution < -0.4 is 9.57 Å². The van der Waals surface area contributed by atoms with E-state index in [9.17, 15) is 8.42 Å². The molecule has 0 aliphatic rings. The first-order chi connectivity index (χ1) is 16.6. The molecule has 5 aromatic carbocycles. The number of ether oxygens (including phenoxy) is 1. The third-order valence-corrected chi connectivity index (χ3v) is 6.77. The first kappa shape index (κ1) is 21.7. The van der Waals surface area contributed by atoms with Crippen LogP contribution in [0.4, 0.5) is 0 Å². The number of hydrazone groups is 1. The van der Waals surface area contributed by atoms with Gasteiger partial charge in [0.1, 0.15) is 12.4 Å². The normalized spacial score (nSPS) is 11.8. The van der Waals surface area contributed by atoms with Gasteiger partial charge in [-0.15, -0.1) is 0 Å². The summed E-state index contributed by atoms with van der Waals surface area (Å²) in [5, 5.41) is 8.11. The van der Waals surface area contributed by atoms with Crippen molar-refractivity contribution in [3.63, 3.8) is 0 Å². The van der Waals surface area contributed by atoms with E-state index in [0.29, 0.717) is 12.4 Å². The van der Waals surface area contributed by atoms with Gasteiger partial charge in [0.05, 0.1) is 11.1 Å². The van der Waals surface area contributed by atoms with Crippen LogP contribution in [0.5, 0.6) is 5.75 Å². The van der Waals surface area contributed by atoms with Crippen molar-refractivity contribution in [3.05, 3.63) is 120 Å². The summed E-state index contributed by atoms with van der Waals surface area (Å²) in [4.78, 5) is 2.45. The van der Waals surface area contributed by atoms with E-state index in [1.165, 1.54) is 11.6 Å². The lowest BCUT2D eigenvalue weighted by Crippen LogP contribution is -2.18. The zero-order chi connectivity index (χ0) is 23.4. The second-order valence-corrected chi connectivity index (χ2v) is 9.52. The molecule has 5 aromatic rings. The molecule has 0 radical (unpaired) electrons. The number of benzene rings is 5. The van der Waals surface area contributed by atoms with Crippen LogP contribution in [0.3, 0.4) is 0 Å². The van der Waals surface area contributed by atoms with Crippen molar-refractivity contribution in [2.24, 2.45) is 5.10 Å². The molecule has 0 amide bonds. The molecule has 0 saturated carbocycles. The second-order valence-electron chi connectivity index (χ2n) is 7.86. The summed E-state index contributed by atoms with van der Waals surface area (Å²) in [5.74, 6) is 0.675. The molecule has 0 fully saturated rings. The maximum Gasteiger partial charge on any atom is 0.276 e. The zero-order valence-corrected chi connectivity index (χ0v) is 19.1. The molecule has 6 heteroatoms. The number of fused-ring (bicyclic) bond motifs is 2. The van der Waals surface area contributed by atoms with Crippen molar-refractivity contribution in [3.8, 4) is 5.75 Å². The summed E-state index contributed by atoms with van der Waals surface area (Å²) in [7, 11) is -3.78. The van der Waals surface area contributed by atoms with Crippen molar-refractivity contribution in [2.75, 3.05) is 0 Å². The molecule has 34 heavy (non-hydrogen) atoms. The summed E-state index contributed by atoms with van der Waals surface area (Å²) >= 11 is 0.